The third-order valence-corrected chi connectivity index (χ3v) is 8.42. The number of unbranched alkanes of at least 4 members (excludes halogenated alkanes) is 1. The van der Waals surface area contributed by atoms with E-state index in [9.17, 15) is 22.8 Å². The number of halogens is 3. The van der Waals surface area contributed by atoms with E-state index >= 15 is 0 Å². The Morgan fingerprint density at radius 3 is 2.58 bits per heavy atom. The molecule has 1 aliphatic carbocycles. The number of carbonyl (C=O) groups is 2. The van der Waals surface area contributed by atoms with Gasteiger partial charge in [-0.2, -0.15) is 13.2 Å². The lowest BCUT2D eigenvalue weighted by Gasteiger charge is -2.38. The molecule has 4 N–H and O–H groups in total. The average molecular weight is 569 g/mol. The Morgan fingerprint density at radius 1 is 1.10 bits per heavy atom. The van der Waals surface area contributed by atoms with Crippen molar-refractivity contribution in [3.05, 3.63) is 76.5 Å². The summed E-state index contributed by atoms with van der Waals surface area (Å²) in [6.45, 7) is 2.64. The van der Waals surface area contributed by atoms with Gasteiger partial charge in [-0.25, -0.2) is 4.98 Å². The number of thioether (sulfide) groups is 1. The summed E-state index contributed by atoms with van der Waals surface area (Å²) >= 11 is -0.403. The summed E-state index contributed by atoms with van der Waals surface area (Å²) in [6.07, 6.45) is 5.56. The number of fused-ring (bicyclic) bond motifs is 3. The number of carbonyl (C=O) groups excluding carboxylic acids is 2. The van der Waals surface area contributed by atoms with Crippen molar-refractivity contribution >= 4 is 29.1 Å². The van der Waals surface area contributed by atoms with Gasteiger partial charge < -0.3 is 16.4 Å². The minimum atomic E-state index is -4.61. The van der Waals surface area contributed by atoms with Crippen LogP contribution in [0.2, 0.25) is 0 Å². The second-order valence-corrected chi connectivity index (χ2v) is 11.3. The maximum atomic E-state index is 14.3. The number of hydrogen-bond donors (Lipinski definition) is 2. The first-order valence-corrected chi connectivity index (χ1v) is 14.3. The van der Waals surface area contributed by atoms with Crippen LogP contribution in [0.3, 0.4) is 0 Å². The topological polar surface area (TPSA) is 102 Å². The van der Waals surface area contributed by atoms with Crippen molar-refractivity contribution in [1.82, 2.24) is 4.98 Å². The van der Waals surface area contributed by atoms with Gasteiger partial charge in [0.2, 0.25) is 5.91 Å². The lowest BCUT2D eigenvalue weighted by molar-refractivity contribution is -0.118. The van der Waals surface area contributed by atoms with Crippen LogP contribution in [-0.2, 0) is 11.2 Å². The van der Waals surface area contributed by atoms with Crippen molar-refractivity contribution in [3.63, 3.8) is 0 Å². The maximum absolute atomic E-state index is 14.3. The normalized spacial score (nSPS) is 18.4. The van der Waals surface area contributed by atoms with Crippen molar-refractivity contribution in [2.75, 3.05) is 11.4 Å². The quantitative estimate of drug-likeness (QED) is 0.250. The van der Waals surface area contributed by atoms with E-state index in [1.807, 2.05) is 29.2 Å². The number of rotatable bonds is 8. The summed E-state index contributed by atoms with van der Waals surface area (Å²) < 4.78 is 40.3. The monoisotopic (exact) mass is 568 g/mol. The molecule has 10 heteroatoms. The summed E-state index contributed by atoms with van der Waals surface area (Å²) in [4.78, 5) is 33.1. The smallest absolute Gasteiger partial charge is 0.369 e. The lowest BCUT2D eigenvalue weighted by Crippen LogP contribution is -2.46. The summed E-state index contributed by atoms with van der Waals surface area (Å²) in [6, 6.07) is 12.0. The van der Waals surface area contributed by atoms with Crippen LogP contribution >= 0.6 is 11.8 Å². The summed E-state index contributed by atoms with van der Waals surface area (Å²) in [7, 11) is 0. The van der Waals surface area contributed by atoms with Crippen LogP contribution in [0, 0.1) is 0 Å². The van der Waals surface area contributed by atoms with Crippen LogP contribution in [0.15, 0.2) is 53.7 Å². The van der Waals surface area contributed by atoms with E-state index in [0.29, 0.717) is 30.6 Å². The highest BCUT2D eigenvalue weighted by Gasteiger charge is 2.40. The summed E-state index contributed by atoms with van der Waals surface area (Å²) in [5, 5.41) is -0.403. The number of aromatic nitrogens is 1. The molecule has 0 bridgehead atoms. The molecular formula is C30H31F3N4O2S. The predicted octanol–water partition coefficient (Wildman–Crippen LogP) is 6.14. The Bertz CT molecular complexity index is 1460. The van der Waals surface area contributed by atoms with Gasteiger partial charge in [0.25, 0.3) is 0 Å². The number of primary amides is 1. The Labute approximate surface area is 235 Å². The maximum Gasteiger partial charge on any atom is 0.447 e. The Balaban J connectivity index is 1.82. The van der Waals surface area contributed by atoms with E-state index in [-0.39, 0.29) is 17.3 Å². The van der Waals surface area contributed by atoms with E-state index in [1.165, 1.54) is 18.3 Å². The number of piperidine rings is 1. The number of benzene rings is 2. The molecule has 2 unspecified atom stereocenters. The molecule has 2 heterocycles. The standard InChI is InChI=1S/C30H31F3N4O2S/c1-2-3-9-19-24-21(17-10-4-5-11-18(17)25(24)28(35)39)16-22(26(19)37-15-7-6-13-23(37)34)27(38)20-12-8-14-36-29(20)40-30(31,32)33/h4-5,8,10-12,14,16,23,25H,2-3,6-7,9,13,15,34H2,1H3,(H2,35,39). The van der Waals surface area contributed by atoms with Gasteiger partial charge in [0, 0.05) is 30.1 Å². The van der Waals surface area contributed by atoms with Gasteiger partial charge in [0.05, 0.1) is 23.3 Å². The van der Waals surface area contributed by atoms with Crippen molar-refractivity contribution in [2.45, 2.75) is 68.1 Å². The van der Waals surface area contributed by atoms with Crippen LogP contribution < -0.4 is 16.4 Å². The second-order valence-electron chi connectivity index (χ2n) is 10.2. The fourth-order valence-electron chi connectivity index (χ4n) is 5.98. The zero-order valence-electron chi connectivity index (χ0n) is 22.1. The summed E-state index contributed by atoms with van der Waals surface area (Å²) in [5.74, 6) is -1.75. The first-order valence-electron chi connectivity index (χ1n) is 13.5. The second kappa shape index (κ2) is 11.2. The zero-order valence-corrected chi connectivity index (χ0v) is 22.9. The molecule has 6 nitrogen and oxygen atoms in total. The van der Waals surface area contributed by atoms with Gasteiger partial charge in [-0.3, -0.25) is 9.59 Å². The molecule has 0 saturated carbocycles. The van der Waals surface area contributed by atoms with Crippen molar-refractivity contribution in [3.8, 4) is 11.1 Å². The van der Waals surface area contributed by atoms with Crippen molar-refractivity contribution < 1.29 is 22.8 Å². The molecule has 2 aromatic carbocycles. The number of alkyl halides is 3. The van der Waals surface area contributed by atoms with Gasteiger partial charge in [0.15, 0.2) is 5.78 Å². The molecule has 0 radical (unpaired) electrons. The number of ketones is 1. The Kier molecular flexibility index (Phi) is 7.92. The first-order chi connectivity index (χ1) is 19.1. The van der Waals surface area contributed by atoms with E-state index in [4.69, 9.17) is 11.5 Å². The number of anilines is 1. The van der Waals surface area contributed by atoms with Gasteiger partial charge in [-0.05, 0) is 78.1 Å². The Hall–Kier alpha value is -3.37. The molecule has 5 rings (SSSR count). The SMILES string of the molecule is CCCCc1c2c(cc(C(=O)c3cccnc3SC(F)(F)F)c1N1CCCCC1N)-c1ccccc1C2C(N)=O. The number of nitrogens with zero attached hydrogens (tertiary/aromatic N) is 2. The molecule has 2 atom stereocenters. The fourth-order valence-corrected chi connectivity index (χ4v) is 6.59. The van der Waals surface area contributed by atoms with Crippen LogP contribution in [-0.4, -0.2) is 34.9 Å². The van der Waals surface area contributed by atoms with Crippen molar-refractivity contribution in [1.29, 1.82) is 0 Å². The number of nitrogens with two attached hydrogens (primary N) is 2. The third kappa shape index (κ3) is 5.22. The van der Waals surface area contributed by atoms with Gasteiger partial charge >= 0.3 is 5.51 Å². The van der Waals surface area contributed by atoms with Gasteiger partial charge in [-0.15, -0.1) is 0 Å². The molecular weight excluding hydrogens is 537 g/mol. The highest BCUT2D eigenvalue weighted by molar-refractivity contribution is 8.00. The van der Waals surface area contributed by atoms with E-state index < -0.39 is 39.9 Å². The molecule has 0 spiro atoms. The summed E-state index contributed by atoms with van der Waals surface area (Å²) in [5.41, 5.74) is 12.5. The van der Waals surface area contributed by atoms with Gasteiger partial charge in [0.1, 0.15) is 5.03 Å². The molecule has 40 heavy (non-hydrogen) atoms. The molecule has 1 aromatic heterocycles. The molecule has 1 aliphatic heterocycles. The predicted molar refractivity (Wildman–Crippen MR) is 150 cm³/mol. The number of amides is 1. The minimum absolute atomic E-state index is 0.129. The molecule has 1 fully saturated rings. The van der Waals surface area contributed by atoms with Crippen LogP contribution in [0.4, 0.5) is 18.9 Å². The average Bonchev–Trinajstić information content (AvgIpc) is 3.25. The highest BCUT2D eigenvalue weighted by Crippen LogP contribution is 2.51. The zero-order chi connectivity index (χ0) is 28.6. The fraction of sp³-hybridized carbons (Fsp3) is 0.367. The molecule has 1 saturated heterocycles. The molecule has 1 amide bonds. The first kappa shape index (κ1) is 28.2. The van der Waals surface area contributed by atoms with Crippen molar-refractivity contribution in [2.24, 2.45) is 11.5 Å². The van der Waals surface area contributed by atoms with Crippen LogP contribution in [0.1, 0.15) is 77.6 Å². The van der Waals surface area contributed by atoms with Crippen LogP contribution in [0.25, 0.3) is 11.1 Å². The van der Waals surface area contributed by atoms with Crippen LogP contribution in [0.5, 0.6) is 0 Å². The number of hydrogen-bond acceptors (Lipinski definition) is 6. The lowest BCUT2D eigenvalue weighted by atomic mass is 9.84. The van der Waals surface area contributed by atoms with E-state index in [0.717, 1.165) is 47.9 Å². The third-order valence-electron chi connectivity index (χ3n) is 7.67. The minimum Gasteiger partial charge on any atom is -0.369 e. The van der Waals surface area contributed by atoms with E-state index in [2.05, 4.69) is 11.9 Å². The highest BCUT2D eigenvalue weighted by atomic mass is 32.2. The molecule has 3 aromatic rings. The molecule has 2 aliphatic rings. The largest absolute Gasteiger partial charge is 0.447 e. The molecule has 210 valence electrons. The Morgan fingerprint density at radius 2 is 1.88 bits per heavy atom. The van der Waals surface area contributed by atoms with E-state index in [1.54, 1.807) is 6.07 Å². The number of pyridine rings is 1. The van der Waals surface area contributed by atoms with Gasteiger partial charge in [-0.1, -0.05) is 37.6 Å².